The molecule has 0 saturated heterocycles. The van der Waals surface area contributed by atoms with Crippen molar-refractivity contribution in [3.8, 4) is 0 Å². The van der Waals surface area contributed by atoms with Crippen LogP contribution in [-0.2, 0) is 10.2 Å². The first-order valence-corrected chi connectivity index (χ1v) is 6.86. The van der Waals surface area contributed by atoms with Gasteiger partial charge in [0.1, 0.15) is 0 Å². The summed E-state index contributed by atoms with van der Waals surface area (Å²) in [5, 5.41) is 0. The summed E-state index contributed by atoms with van der Waals surface area (Å²) >= 11 is 0. The SMILES string of the molecule is Cc1cc(C)c(NS(=O)(=O)NC(C)C)cc1N. The molecule has 5 nitrogen and oxygen atoms in total. The van der Waals surface area contributed by atoms with Crippen molar-refractivity contribution < 1.29 is 8.42 Å². The van der Waals surface area contributed by atoms with Crippen molar-refractivity contribution in [2.75, 3.05) is 10.5 Å². The van der Waals surface area contributed by atoms with Gasteiger partial charge in [0, 0.05) is 11.7 Å². The van der Waals surface area contributed by atoms with Gasteiger partial charge in [0.25, 0.3) is 10.2 Å². The van der Waals surface area contributed by atoms with Gasteiger partial charge >= 0.3 is 0 Å². The minimum Gasteiger partial charge on any atom is -0.398 e. The summed E-state index contributed by atoms with van der Waals surface area (Å²) in [4.78, 5) is 0. The van der Waals surface area contributed by atoms with Crippen LogP contribution in [0.25, 0.3) is 0 Å². The average molecular weight is 257 g/mol. The van der Waals surface area contributed by atoms with Gasteiger partial charge in [-0.3, -0.25) is 4.72 Å². The van der Waals surface area contributed by atoms with Crippen LogP contribution in [0.2, 0.25) is 0 Å². The van der Waals surface area contributed by atoms with E-state index in [2.05, 4.69) is 9.44 Å². The Morgan fingerprint density at radius 1 is 1.18 bits per heavy atom. The second kappa shape index (κ2) is 4.93. The molecule has 17 heavy (non-hydrogen) atoms. The van der Waals surface area contributed by atoms with Crippen LogP contribution in [0.4, 0.5) is 11.4 Å². The van der Waals surface area contributed by atoms with Crippen molar-refractivity contribution in [3.05, 3.63) is 23.3 Å². The van der Waals surface area contributed by atoms with Crippen LogP contribution in [0.5, 0.6) is 0 Å². The quantitative estimate of drug-likeness (QED) is 0.715. The minimum absolute atomic E-state index is 0.157. The zero-order chi connectivity index (χ0) is 13.2. The van der Waals surface area contributed by atoms with E-state index in [1.54, 1.807) is 19.9 Å². The number of benzene rings is 1. The van der Waals surface area contributed by atoms with Gasteiger partial charge in [-0.05, 0) is 44.9 Å². The predicted octanol–water partition coefficient (Wildman–Crippen LogP) is 1.54. The lowest BCUT2D eigenvalue weighted by atomic mass is 10.1. The Bertz CT molecular complexity index is 510. The molecule has 1 aromatic carbocycles. The molecule has 0 heterocycles. The highest BCUT2D eigenvalue weighted by Crippen LogP contribution is 2.22. The summed E-state index contributed by atoms with van der Waals surface area (Å²) in [6.07, 6.45) is 0. The molecule has 0 aliphatic rings. The van der Waals surface area contributed by atoms with Gasteiger partial charge < -0.3 is 5.73 Å². The van der Waals surface area contributed by atoms with Gasteiger partial charge in [0.2, 0.25) is 0 Å². The third-order valence-electron chi connectivity index (χ3n) is 2.25. The second-order valence-corrected chi connectivity index (χ2v) is 5.85. The molecule has 6 heteroatoms. The zero-order valence-corrected chi connectivity index (χ0v) is 11.4. The Labute approximate surface area is 103 Å². The van der Waals surface area contributed by atoms with Crippen molar-refractivity contribution in [2.45, 2.75) is 33.7 Å². The molecule has 0 spiro atoms. The van der Waals surface area contributed by atoms with Crippen molar-refractivity contribution in [1.29, 1.82) is 0 Å². The molecule has 0 aromatic heterocycles. The van der Waals surface area contributed by atoms with Crippen LogP contribution in [0.1, 0.15) is 25.0 Å². The number of nitrogens with two attached hydrogens (primary N) is 1. The molecule has 0 radical (unpaired) electrons. The van der Waals surface area contributed by atoms with Gasteiger partial charge in [-0.15, -0.1) is 0 Å². The lowest BCUT2D eigenvalue weighted by Crippen LogP contribution is -2.35. The molecular weight excluding hydrogens is 238 g/mol. The van der Waals surface area contributed by atoms with Crippen molar-refractivity contribution in [1.82, 2.24) is 4.72 Å². The van der Waals surface area contributed by atoms with Crippen molar-refractivity contribution in [3.63, 3.8) is 0 Å². The van der Waals surface area contributed by atoms with Crippen LogP contribution in [0.15, 0.2) is 12.1 Å². The minimum atomic E-state index is -3.54. The number of nitrogens with one attached hydrogen (secondary N) is 2. The molecule has 0 aliphatic carbocycles. The van der Waals surface area contributed by atoms with Gasteiger partial charge in [0.15, 0.2) is 0 Å². The normalized spacial score (nSPS) is 11.8. The van der Waals surface area contributed by atoms with Crippen LogP contribution < -0.4 is 15.2 Å². The van der Waals surface area contributed by atoms with Gasteiger partial charge in [-0.25, -0.2) is 0 Å². The van der Waals surface area contributed by atoms with Crippen molar-refractivity contribution >= 4 is 21.6 Å². The molecule has 4 N–H and O–H groups in total. The molecule has 0 saturated carbocycles. The molecule has 0 atom stereocenters. The highest BCUT2D eigenvalue weighted by Gasteiger charge is 2.13. The Kier molecular flexibility index (Phi) is 4.00. The molecule has 0 aliphatic heterocycles. The zero-order valence-electron chi connectivity index (χ0n) is 10.5. The van der Waals surface area contributed by atoms with Crippen LogP contribution >= 0.6 is 0 Å². The number of nitrogen functional groups attached to an aromatic ring is 1. The third-order valence-corrected chi connectivity index (χ3v) is 3.52. The maximum absolute atomic E-state index is 11.7. The fourth-order valence-corrected chi connectivity index (χ4v) is 2.65. The highest BCUT2D eigenvalue weighted by atomic mass is 32.2. The predicted molar refractivity (Wildman–Crippen MR) is 71.1 cm³/mol. The van der Waals surface area contributed by atoms with Crippen LogP contribution in [0, 0.1) is 13.8 Å². The average Bonchev–Trinajstić information content (AvgIpc) is 2.11. The summed E-state index contributed by atoms with van der Waals surface area (Å²) in [7, 11) is -3.54. The van der Waals surface area contributed by atoms with Crippen LogP contribution in [-0.4, -0.2) is 14.5 Å². The largest absolute Gasteiger partial charge is 0.398 e. The number of rotatable bonds is 4. The first-order chi connectivity index (χ1) is 7.71. The summed E-state index contributed by atoms with van der Waals surface area (Å²) in [6, 6.07) is 3.32. The van der Waals surface area contributed by atoms with E-state index in [9.17, 15) is 8.42 Å². The highest BCUT2D eigenvalue weighted by molar-refractivity contribution is 7.90. The number of hydrogen-bond acceptors (Lipinski definition) is 3. The summed E-state index contributed by atoms with van der Waals surface area (Å²) in [6.45, 7) is 7.23. The van der Waals surface area contributed by atoms with E-state index >= 15 is 0 Å². The first-order valence-electron chi connectivity index (χ1n) is 5.38. The van der Waals surface area contributed by atoms with E-state index in [0.29, 0.717) is 11.4 Å². The Hall–Kier alpha value is -1.27. The van der Waals surface area contributed by atoms with Gasteiger partial charge in [0.05, 0.1) is 5.69 Å². The molecule has 0 fully saturated rings. The molecule has 0 bridgehead atoms. The van der Waals surface area contributed by atoms with E-state index in [1.165, 1.54) is 0 Å². The van der Waals surface area contributed by atoms with Gasteiger partial charge in [-0.1, -0.05) is 6.07 Å². The maximum atomic E-state index is 11.7. The third kappa shape index (κ3) is 3.90. The van der Waals surface area contributed by atoms with E-state index in [1.807, 2.05) is 19.9 Å². The first kappa shape index (κ1) is 13.8. The lowest BCUT2D eigenvalue weighted by Gasteiger charge is -2.14. The van der Waals surface area contributed by atoms with E-state index < -0.39 is 10.2 Å². The fourth-order valence-electron chi connectivity index (χ4n) is 1.46. The monoisotopic (exact) mass is 257 g/mol. The Morgan fingerprint density at radius 3 is 2.29 bits per heavy atom. The fraction of sp³-hybridized carbons (Fsp3) is 0.455. The second-order valence-electron chi connectivity index (χ2n) is 4.40. The standard InChI is InChI=1S/C11H19N3O2S/c1-7(2)13-17(15,16)14-11-6-10(12)8(3)5-9(11)4/h5-7,13-14H,12H2,1-4H3. The van der Waals surface area contributed by atoms with Crippen molar-refractivity contribution in [2.24, 2.45) is 0 Å². The molecular formula is C11H19N3O2S. The molecule has 0 amide bonds. The molecule has 96 valence electrons. The smallest absolute Gasteiger partial charge is 0.299 e. The Morgan fingerprint density at radius 2 is 1.76 bits per heavy atom. The number of anilines is 2. The molecule has 0 unspecified atom stereocenters. The molecule has 1 aromatic rings. The summed E-state index contributed by atoms with van der Waals surface area (Å²) < 4.78 is 28.3. The lowest BCUT2D eigenvalue weighted by molar-refractivity contribution is 0.575. The van der Waals surface area contributed by atoms with Gasteiger partial charge in [-0.2, -0.15) is 13.1 Å². The topological polar surface area (TPSA) is 84.2 Å². The van der Waals surface area contributed by atoms with Crippen LogP contribution in [0.3, 0.4) is 0 Å². The Balaban J connectivity index is 3.00. The maximum Gasteiger partial charge on any atom is 0.299 e. The van der Waals surface area contributed by atoms with E-state index in [0.717, 1.165) is 11.1 Å². The summed E-state index contributed by atoms with van der Waals surface area (Å²) in [5.41, 5.74) is 8.59. The van der Waals surface area contributed by atoms with E-state index in [-0.39, 0.29) is 6.04 Å². The summed E-state index contributed by atoms with van der Waals surface area (Å²) in [5.74, 6) is 0. The number of hydrogen-bond donors (Lipinski definition) is 3. The number of aryl methyl sites for hydroxylation is 2. The van der Waals surface area contributed by atoms with E-state index in [4.69, 9.17) is 5.73 Å². The molecule has 1 rings (SSSR count).